The first-order chi connectivity index (χ1) is 12.3. The lowest BCUT2D eigenvalue weighted by Gasteiger charge is -2.21. The van der Waals surface area contributed by atoms with Crippen LogP contribution in [-0.2, 0) is 0 Å². The molecular formula is C19H20N4O2. The Kier molecular flexibility index (Phi) is 4.11. The number of aliphatic hydroxyl groups excluding tert-OH is 1. The van der Waals surface area contributed by atoms with Crippen molar-refractivity contribution in [2.24, 2.45) is 0 Å². The third-order valence-electron chi connectivity index (χ3n) is 4.43. The Labute approximate surface area is 145 Å². The Morgan fingerprint density at radius 2 is 1.96 bits per heavy atom. The van der Waals surface area contributed by atoms with Crippen LogP contribution in [0.3, 0.4) is 0 Å². The molecule has 0 atom stereocenters. The van der Waals surface area contributed by atoms with Gasteiger partial charge in [0, 0.05) is 23.7 Å². The highest BCUT2D eigenvalue weighted by Gasteiger charge is 2.32. The topological polar surface area (TPSA) is 70.4 Å². The minimum absolute atomic E-state index is 0.0186. The second-order valence-electron chi connectivity index (χ2n) is 6.24. The van der Waals surface area contributed by atoms with Crippen molar-refractivity contribution in [1.29, 1.82) is 0 Å². The molecule has 2 amide bonds. The number of aliphatic hydroxyl groups is 1. The van der Waals surface area contributed by atoms with Crippen LogP contribution in [0.15, 0.2) is 54.7 Å². The van der Waals surface area contributed by atoms with Crippen molar-refractivity contribution >= 4 is 22.6 Å². The maximum atomic E-state index is 12.4. The summed E-state index contributed by atoms with van der Waals surface area (Å²) in [7, 11) is 0. The van der Waals surface area contributed by atoms with E-state index in [0.717, 1.165) is 35.1 Å². The molecule has 1 aliphatic carbocycles. The Balaban J connectivity index is 1.51. The summed E-state index contributed by atoms with van der Waals surface area (Å²) in [5.74, 6) is 0. The molecule has 2 N–H and O–H groups in total. The molecular weight excluding hydrogens is 316 g/mol. The Hall–Kier alpha value is -2.86. The number of benzene rings is 2. The van der Waals surface area contributed by atoms with Crippen molar-refractivity contribution < 1.29 is 9.90 Å². The molecule has 4 rings (SSSR count). The van der Waals surface area contributed by atoms with Crippen molar-refractivity contribution in [2.75, 3.05) is 18.5 Å². The predicted molar refractivity (Wildman–Crippen MR) is 96.9 cm³/mol. The number of fused-ring (bicyclic) bond motifs is 1. The number of rotatable bonds is 5. The minimum atomic E-state index is -0.158. The van der Waals surface area contributed by atoms with E-state index in [4.69, 9.17) is 5.11 Å². The zero-order valence-electron chi connectivity index (χ0n) is 13.8. The van der Waals surface area contributed by atoms with E-state index in [1.165, 1.54) is 0 Å². The van der Waals surface area contributed by atoms with Crippen LogP contribution >= 0.6 is 0 Å². The number of anilines is 1. The van der Waals surface area contributed by atoms with Gasteiger partial charge in [-0.25, -0.2) is 9.48 Å². The molecule has 0 unspecified atom stereocenters. The molecule has 6 heteroatoms. The van der Waals surface area contributed by atoms with Crippen LogP contribution in [0, 0.1) is 0 Å². The molecule has 1 heterocycles. The van der Waals surface area contributed by atoms with Gasteiger partial charge in [-0.2, -0.15) is 5.10 Å². The minimum Gasteiger partial charge on any atom is -0.395 e. The molecule has 0 saturated heterocycles. The lowest BCUT2D eigenvalue weighted by Crippen LogP contribution is -2.38. The first-order valence-corrected chi connectivity index (χ1v) is 8.48. The van der Waals surface area contributed by atoms with E-state index in [2.05, 4.69) is 10.4 Å². The van der Waals surface area contributed by atoms with Gasteiger partial charge in [0.2, 0.25) is 0 Å². The van der Waals surface area contributed by atoms with Crippen LogP contribution in [0.5, 0.6) is 0 Å². The van der Waals surface area contributed by atoms with Crippen molar-refractivity contribution in [3.05, 3.63) is 54.7 Å². The van der Waals surface area contributed by atoms with Crippen LogP contribution in [0.2, 0.25) is 0 Å². The fraction of sp³-hybridized carbons (Fsp3) is 0.263. The number of hydrogen-bond donors (Lipinski definition) is 2. The molecule has 0 bridgehead atoms. The lowest BCUT2D eigenvalue weighted by atomic mass is 10.2. The molecule has 1 aromatic heterocycles. The smallest absolute Gasteiger partial charge is 0.322 e. The van der Waals surface area contributed by atoms with Crippen LogP contribution in [0.4, 0.5) is 10.5 Å². The van der Waals surface area contributed by atoms with Gasteiger partial charge in [-0.3, -0.25) is 0 Å². The first kappa shape index (κ1) is 15.7. The van der Waals surface area contributed by atoms with Gasteiger partial charge in [-0.05, 0) is 43.2 Å². The summed E-state index contributed by atoms with van der Waals surface area (Å²) in [4.78, 5) is 14.1. The average Bonchev–Trinajstić information content (AvgIpc) is 3.39. The Morgan fingerprint density at radius 1 is 1.20 bits per heavy atom. The molecule has 3 aromatic rings. The molecule has 0 aliphatic heterocycles. The summed E-state index contributed by atoms with van der Waals surface area (Å²) >= 11 is 0. The summed E-state index contributed by atoms with van der Waals surface area (Å²) in [6, 6.07) is 15.7. The maximum Gasteiger partial charge on any atom is 0.322 e. The third-order valence-corrected chi connectivity index (χ3v) is 4.43. The summed E-state index contributed by atoms with van der Waals surface area (Å²) < 4.78 is 1.88. The monoisotopic (exact) mass is 336 g/mol. The van der Waals surface area contributed by atoms with E-state index in [1.54, 1.807) is 4.90 Å². The van der Waals surface area contributed by atoms with Crippen molar-refractivity contribution in [3.63, 3.8) is 0 Å². The molecule has 128 valence electrons. The van der Waals surface area contributed by atoms with Crippen LogP contribution in [0.1, 0.15) is 12.8 Å². The molecule has 2 aromatic carbocycles. The SMILES string of the molecule is O=C(Nc1ccc(-n2ncc3ccccc32)cc1)N(CCO)C1CC1. The van der Waals surface area contributed by atoms with Crippen molar-refractivity contribution in [1.82, 2.24) is 14.7 Å². The maximum absolute atomic E-state index is 12.4. The predicted octanol–water partition coefficient (Wildman–Crippen LogP) is 3.01. The number of carbonyl (C=O) groups is 1. The normalized spacial score (nSPS) is 13.8. The second kappa shape index (κ2) is 6.57. The zero-order chi connectivity index (χ0) is 17.2. The largest absolute Gasteiger partial charge is 0.395 e. The Bertz CT molecular complexity index is 884. The number of aromatic nitrogens is 2. The fourth-order valence-electron chi connectivity index (χ4n) is 3.00. The zero-order valence-corrected chi connectivity index (χ0v) is 13.8. The van der Waals surface area contributed by atoms with Crippen molar-refractivity contribution in [3.8, 4) is 5.69 Å². The summed E-state index contributed by atoms with van der Waals surface area (Å²) in [5, 5.41) is 17.6. The number of urea groups is 1. The third kappa shape index (κ3) is 3.21. The lowest BCUT2D eigenvalue weighted by molar-refractivity contribution is 0.185. The average molecular weight is 336 g/mol. The number of carbonyl (C=O) groups excluding carboxylic acids is 1. The number of hydrogen-bond acceptors (Lipinski definition) is 3. The molecule has 6 nitrogen and oxygen atoms in total. The standard InChI is InChI=1S/C19H20N4O2/c24-12-11-22(16-9-10-16)19(25)21-15-5-7-17(8-6-15)23-18-4-2-1-3-14(18)13-20-23/h1-8,13,16,24H,9-12H2,(H,21,25). The molecule has 0 spiro atoms. The number of para-hydroxylation sites is 1. The van der Waals surface area contributed by atoms with E-state index < -0.39 is 0 Å². The first-order valence-electron chi connectivity index (χ1n) is 8.48. The van der Waals surface area contributed by atoms with Gasteiger partial charge in [0.1, 0.15) is 0 Å². The van der Waals surface area contributed by atoms with Gasteiger partial charge in [-0.15, -0.1) is 0 Å². The van der Waals surface area contributed by atoms with Crippen LogP contribution < -0.4 is 5.32 Å². The fourth-order valence-corrected chi connectivity index (χ4v) is 3.00. The van der Waals surface area contributed by atoms with Crippen LogP contribution in [0.25, 0.3) is 16.6 Å². The summed E-state index contributed by atoms with van der Waals surface area (Å²) in [6.07, 6.45) is 3.87. The van der Waals surface area contributed by atoms with Gasteiger partial charge in [0.25, 0.3) is 0 Å². The van der Waals surface area contributed by atoms with Gasteiger partial charge in [0.15, 0.2) is 0 Å². The van der Waals surface area contributed by atoms with Crippen LogP contribution in [-0.4, -0.2) is 45.0 Å². The highest BCUT2D eigenvalue weighted by molar-refractivity contribution is 5.90. The molecule has 1 fully saturated rings. The van der Waals surface area contributed by atoms with Gasteiger partial charge in [-0.1, -0.05) is 18.2 Å². The van der Waals surface area contributed by atoms with E-state index in [1.807, 2.05) is 59.4 Å². The number of nitrogens with zero attached hydrogens (tertiary/aromatic N) is 3. The summed E-state index contributed by atoms with van der Waals surface area (Å²) in [6.45, 7) is 0.350. The molecule has 1 saturated carbocycles. The number of amides is 2. The quantitative estimate of drug-likeness (QED) is 0.752. The van der Waals surface area contributed by atoms with E-state index in [9.17, 15) is 4.79 Å². The summed E-state index contributed by atoms with van der Waals surface area (Å²) in [5.41, 5.74) is 2.71. The second-order valence-corrected chi connectivity index (χ2v) is 6.24. The number of nitrogens with one attached hydrogen (secondary N) is 1. The molecule has 1 aliphatic rings. The molecule has 25 heavy (non-hydrogen) atoms. The van der Waals surface area contributed by atoms with E-state index in [0.29, 0.717) is 6.54 Å². The Morgan fingerprint density at radius 3 is 2.68 bits per heavy atom. The highest BCUT2D eigenvalue weighted by atomic mass is 16.3. The molecule has 0 radical (unpaired) electrons. The van der Waals surface area contributed by atoms with E-state index in [-0.39, 0.29) is 18.7 Å². The van der Waals surface area contributed by atoms with Crippen molar-refractivity contribution in [2.45, 2.75) is 18.9 Å². The van der Waals surface area contributed by atoms with Gasteiger partial charge < -0.3 is 15.3 Å². The van der Waals surface area contributed by atoms with Gasteiger partial charge in [0.05, 0.1) is 24.0 Å². The van der Waals surface area contributed by atoms with Gasteiger partial charge >= 0.3 is 6.03 Å². The highest BCUT2D eigenvalue weighted by Crippen LogP contribution is 2.27. The van der Waals surface area contributed by atoms with E-state index >= 15 is 0 Å².